The maximum absolute atomic E-state index is 12.1. The lowest BCUT2D eigenvalue weighted by Gasteiger charge is -2.27. The fourth-order valence-corrected chi connectivity index (χ4v) is 5.94. The van der Waals surface area contributed by atoms with Crippen LogP contribution in [0, 0.1) is 17.0 Å². The number of nitrogen functional groups attached to an aromatic ring is 1. The van der Waals surface area contributed by atoms with E-state index in [1.807, 2.05) is 5.92 Å². The maximum Gasteiger partial charge on any atom is 0.490 e. The Morgan fingerprint density at radius 3 is 2.59 bits per heavy atom. The smallest absolute Gasteiger partial charge is 0.387 e. The van der Waals surface area contributed by atoms with Crippen LogP contribution in [0.3, 0.4) is 0 Å². The average molecular weight is 564 g/mol. The number of aliphatic hydroxyl groups excluding tert-OH is 1. The zero-order valence-electron chi connectivity index (χ0n) is 18.2. The molecule has 0 spiro atoms. The van der Waals surface area contributed by atoms with E-state index in [9.17, 15) is 28.6 Å². The number of hydrogen-bond donors (Lipinski definition) is 8. The van der Waals surface area contributed by atoms with Crippen molar-refractivity contribution in [2.24, 2.45) is 5.73 Å². The predicted molar refractivity (Wildman–Crippen MR) is 113 cm³/mol. The largest absolute Gasteiger partial charge is 0.490 e. The number of phosphoric acid groups is 3. The Morgan fingerprint density at radius 1 is 1.35 bits per heavy atom. The van der Waals surface area contributed by atoms with Crippen molar-refractivity contribution >= 4 is 52.8 Å². The Morgan fingerprint density at radius 2 is 2.00 bits per heavy atom. The van der Waals surface area contributed by atoms with Crippen molar-refractivity contribution in [3.63, 3.8) is 0 Å². The van der Waals surface area contributed by atoms with Crippen molar-refractivity contribution in [1.82, 2.24) is 19.5 Å². The van der Waals surface area contributed by atoms with E-state index in [0.29, 0.717) is 0 Å². The molecule has 1 saturated heterocycles. The molecule has 0 amide bonds. The van der Waals surface area contributed by atoms with Gasteiger partial charge in [0.1, 0.15) is 23.4 Å². The van der Waals surface area contributed by atoms with Crippen LogP contribution in [0.4, 0.5) is 5.95 Å². The Bertz CT molecular complexity index is 1440. The molecule has 3 heterocycles. The first-order chi connectivity index (χ1) is 16.2. The summed E-state index contributed by atoms with van der Waals surface area (Å²) in [7, 11) is -17.6. The second-order valence-electron chi connectivity index (χ2n) is 6.51. The molecule has 0 radical (unpaired) electrons. The van der Waals surface area contributed by atoms with E-state index >= 15 is 0 Å². The molecule has 0 saturated carbocycles. The van der Waals surface area contributed by atoms with Gasteiger partial charge < -0.3 is 45.9 Å². The number of ether oxygens (including phenoxy) is 1. The summed E-state index contributed by atoms with van der Waals surface area (Å²) in [5.74, 6) is 1.89. The standard InChI is InChI=1S/C12H17N6O12P3S/c1-2-12(14)7(19)5(3-27-32(23,24)30-33(25,26)29-31(20,21)22)28-10(12)18-4-15-6-8(18)16-11(13)17-9(6)34/h1,4-5,7,10,19H,3,14H2,(H,23,24)(H,25,26)(H2,20,21,22)(H3,13,16,17,34)/t5-,7+,10-,12?/m1/s1/i3D2. The van der Waals surface area contributed by atoms with Crippen molar-refractivity contribution in [2.75, 3.05) is 12.3 Å². The number of H-pyrrole nitrogens is 1. The molecule has 18 nitrogen and oxygen atoms in total. The van der Waals surface area contributed by atoms with Gasteiger partial charge in [-0.2, -0.15) is 8.62 Å². The number of rotatable bonds is 8. The lowest BCUT2D eigenvalue weighted by molar-refractivity contribution is -0.0438. The Balaban J connectivity index is 1.95. The van der Waals surface area contributed by atoms with Gasteiger partial charge in [0.2, 0.25) is 0 Å². The highest BCUT2D eigenvalue weighted by Crippen LogP contribution is 2.66. The van der Waals surface area contributed by atoms with Gasteiger partial charge in [0.25, 0.3) is 0 Å². The van der Waals surface area contributed by atoms with Gasteiger partial charge in [0.05, 0.1) is 15.6 Å². The summed E-state index contributed by atoms with van der Waals surface area (Å²) in [6.07, 6.45) is 0.475. The number of anilines is 1. The van der Waals surface area contributed by atoms with Gasteiger partial charge in [-0.3, -0.25) is 9.09 Å². The second kappa shape index (κ2) is 9.13. The number of terminal acetylenes is 1. The number of phosphoric ester groups is 1. The average Bonchev–Trinajstić information content (AvgIpc) is 3.17. The minimum Gasteiger partial charge on any atom is -0.387 e. The zero-order valence-corrected chi connectivity index (χ0v) is 19.7. The normalized spacial score (nSPS) is 30.2. The molecule has 6 atom stereocenters. The van der Waals surface area contributed by atoms with Crippen LogP contribution in [-0.4, -0.2) is 68.5 Å². The van der Waals surface area contributed by atoms with Gasteiger partial charge in [-0.25, -0.2) is 23.7 Å². The van der Waals surface area contributed by atoms with Crippen LogP contribution in [0.1, 0.15) is 8.97 Å². The minimum absolute atomic E-state index is 0.0404. The third-order valence-corrected chi connectivity index (χ3v) is 8.08. The minimum atomic E-state index is -5.99. The molecule has 0 aliphatic carbocycles. The van der Waals surface area contributed by atoms with Crippen molar-refractivity contribution < 1.29 is 59.0 Å². The van der Waals surface area contributed by atoms with E-state index in [4.69, 9.17) is 47.4 Å². The molecule has 0 aromatic carbocycles. The Labute approximate surface area is 197 Å². The third-order valence-electron chi connectivity index (χ3n) is 4.13. The monoisotopic (exact) mass is 564 g/mol. The van der Waals surface area contributed by atoms with Crippen LogP contribution < -0.4 is 11.5 Å². The molecule has 0 bridgehead atoms. The topological polar surface area (TPSA) is 288 Å². The molecule has 3 rings (SSSR count). The van der Waals surface area contributed by atoms with Crippen LogP contribution in [0.25, 0.3) is 11.2 Å². The van der Waals surface area contributed by atoms with Crippen LogP contribution >= 0.6 is 35.7 Å². The van der Waals surface area contributed by atoms with Crippen molar-refractivity contribution in [2.45, 2.75) is 24.0 Å². The summed E-state index contributed by atoms with van der Waals surface area (Å²) in [6, 6.07) is 0. The van der Waals surface area contributed by atoms with Crippen LogP contribution in [0.2, 0.25) is 0 Å². The van der Waals surface area contributed by atoms with Gasteiger partial charge >= 0.3 is 23.5 Å². The highest BCUT2D eigenvalue weighted by atomic mass is 32.1. The number of hydrogen-bond acceptors (Lipinski definition) is 13. The summed E-state index contributed by atoms with van der Waals surface area (Å²) in [5, 5.41) is 10.7. The highest BCUT2D eigenvalue weighted by Gasteiger charge is 2.55. The summed E-state index contributed by atoms with van der Waals surface area (Å²) >= 11 is 5.05. The molecular weight excluding hydrogens is 545 g/mol. The van der Waals surface area contributed by atoms with E-state index < -0.39 is 54.0 Å². The van der Waals surface area contributed by atoms with Gasteiger partial charge in [-0.05, 0) is 0 Å². The van der Waals surface area contributed by atoms with E-state index in [-0.39, 0.29) is 21.8 Å². The second-order valence-corrected chi connectivity index (χ2v) is 11.2. The van der Waals surface area contributed by atoms with Crippen LogP contribution in [0.5, 0.6) is 0 Å². The van der Waals surface area contributed by atoms with Crippen molar-refractivity contribution in [3.8, 4) is 12.3 Å². The molecule has 34 heavy (non-hydrogen) atoms. The van der Waals surface area contributed by atoms with Crippen LogP contribution in [-0.2, 0) is 31.6 Å². The van der Waals surface area contributed by atoms with E-state index in [2.05, 4.69) is 28.1 Å². The Kier molecular flexibility index (Phi) is 6.48. The first-order valence-corrected chi connectivity index (χ1v) is 13.3. The van der Waals surface area contributed by atoms with Gasteiger partial charge in [0.15, 0.2) is 22.4 Å². The number of imidazole rings is 1. The van der Waals surface area contributed by atoms with Gasteiger partial charge in [-0.1, -0.05) is 18.1 Å². The van der Waals surface area contributed by atoms with Gasteiger partial charge in [0, 0.05) is 0 Å². The fraction of sp³-hybridized carbons (Fsp3) is 0.417. The lowest BCUT2D eigenvalue weighted by Crippen LogP contribution is -2.53. The molecular formula is C12H17N6O12P3S. The van der Waals surface area contributed by atoms with Gasteiger partial charge in [-0.15, -0.1) is 6.42 Å². The molecule has 22 heteroatoms. The molecule has 1 aliphatic heterocycles. The quantitative estimate of drug-likeness (QED) is 0.108. The lowest BCUT2D eigenvalue weighted by atomic mass is 9.92. The summed E-state index contributed by atoms with van der Waals surface area (Å²) in [5.41, 5.74) is 9.63. The fourth-order valence-electron chi connectivity index (χ4n) is 2.81. The zero-order chi connectivity index (χ0) is 27.5. The Hall–Kier alpha value is -1.58. The number of nitrogens with zero attached hydrogens (tertiary/aromatic N) is 3. The summed E-state index contributed by atoms with van der Waals surface area (Å²) in [4.78, 5) is 46.6. The first-order valence-electron chi connectivity index (χ1n) is 9.38. The number of aromatic amines is 1. The summed E-state index contributed by atoms with van der Waals surface area (Å²) < 4.78 is 68.1. The number of aromatic nitrogens is 4. The molecule has 1 aliphatic rings. The molecule has 10 N–H and O–H groups in total. The number of nitrogens with two attached hydrogens (primary N) is 2. The van der Waals surface area contributed by atoms with E-state index in [1.165, 1.54) is 0 Å². The molecule has 2 aromatic heterocycles. The molecule has 188 valence electrons. The first kappa shape index (κ1) is 24.1. The number of nitrogens with one attached hydrogen (secondary N) is 1. The van der Waals surface area contributed by atoms with E-state index in [1.54, 1.807) is 0 Å². The summed E-state index contributed by atoms with van der Waals surface area (Å²) in [6.45, 7) is -3.55. The van der Waals surface area contributed by atoms with Crippen molar-refractivity contribution in [1.29, 1.82) is 0 Å². The molecule has 3 unspecified atom stereocenters. The third kappa shape index (κ3) is 5.62. The SMILES string of the molecule is [2H]C([2H])(OP(=O)(O)OP(=O)(O)OP(=O)(O)O)[C@H]1O[C@@H](n2cnc3c(=S)nc(N)[nH]c32)C(N)(C#C)[C@H]1O. The number of aliphatic hydroxyl groups is 1. The maximum atomic E-state index is 12.1. The van der Waals surface area contributed by atoms with E-state index in [0.717, 1.165) is 10.9 Å². The molecule has 1 fully saturated rings. The number of fused-ring (bicyclic) bond motifs is 1. The van der Waals surface area contributed by atoms with Crippen molar-refractivity contribution in [3.05, 3.63) is 11.0 Å². The predicted octanol–water partition coefficient (Wildman–Crippen LogP) is -0.997. The molecule has 2 aromatic rings. The van der Waals surface area contributed by atoms with Crippen LogP contribution in [0.15, 0.2) is 6.33 Å². The highest BCUT2D eigenvalue weighted by molar-refractivity contribution is 7.71.